The minimum Gasteiger partial charge on any atom is -0.473 e. The van der Waals surface area contributed by atoms with E-state index in [0.717, 1.165) is 30.0 Å². The standard InChI is InChI=1S/C27H25F4NO/c1-15-7-17-11-26(32-13-18(17)8-15)33-14-19-10-23-21(12-25(19)28)16(2)9-22(23)20-5-3-4-6-24(20)27(29,30)31/h3-6,10-13,15-16,22H,7-9,14H2,1-2H3. The van der Waals surface area contributed by atoms with E-state index in [1.54, 1.807) is 12.1 Å². The second-order valence-electron chi connectivity index (χ2n) is 9.44. The minimum atomic E-state index is -4.44. The highest BCUT2D eigenvalue weighted by molar-refractivity contribution is 5.49. The number of pyridine rings is 1. The molecule has 0 amide bonds. The zero-order chi connectivity index (χ0) is 23.3. The second-order valence-corrected chi connectivity index (χ2v) is 9.44. The number of nitrogens with zero attached hydrogens (tertiary/aromatic N) is 1. The summed E-state index contributed by atoms with van der Waals surface area (Å²) in [6.07, 6.45) is -0.137. The topological polar surface area (TPSA) is 22.1 Å². The van der Waals surface area contributed by atoms with Gasteiger partial charge in [-0.25, -0.2) is 9.37 Å². The number of ether oxygens (including phenoxy) is 1. The van der Waals surface area contributed by atoms with Crippen molar-refractivity contribution in [3.05, 3.63) is 93.4 Å². The minimum absolute atomic E-state index is 0.0253. The summed E-state index contributed by atoms with van der Waals surface area (Å²) in [7, 11) is 0. The van der Waals surface area contributed by atoms with Crippen LogP contribution in [0.3, 0.4) is 0 Å². The van der Waals surface area contributed by atoms with E-state index < -0.39 is 23.5 Å². The summed E-state index contributed by atoms with van der Waals surface area (Å²) >= 11 is 0. The monoisotopic (exact) mass is 455 g/mol. The van der Waals surface area contributed by atoms with Crippen LogP contribution in [0.4, 0.5) is 17.6 Å². The van der Waals surface area contributed by atoms with Crippen molar-refractivity contribution >= 4 is 0 Å². The van der Waals surface area contributed by atoms with Gasteiger partial charge in [-0.2, -0.15) is 13.2 Å². The summed E-state index contributed by atoms with van der Waals surface area (Å²) < 4.78 is 61.7. The van der Waals surface area contributed by atoms with Crippen molar-refractivity contribution in [3.63, 3.8) is 0 Å². The van der Waals surface area contributed by atoms with Crippen molar-refractivity contribution in [2.45, 2.75) is 57.7 Å². The van der Waals surface area contributed by atoms with Crippen molar-refractivity contribution in [1.29, 1.82) is 0 Å². The summed E-state index contributed by atoms with van der Waals surface area (Å²) in [5, 5.41) is 0. The number of rotatable bonds is 4. The molecule has 0 radical (unpaired) electrons. The van der Waals surface area contributed by atoms with E-state index in [0.29, 0.717) is 23.8 Å². The molecule has 2 nitrogen and oxygen atoms in total. The zero-order valence-corrected chi connectivity index (χ0v) is 18.5. The molecule has 3 aromatic rings. The van der Waals surface area contributed by atoms with Crippen LogP contribution in [0.25, 0.3) is 0 Å². The smallest absolute Gasteiger partial charge is 0.416 e. The van der Waals surface area contributed by atoms with Gasteiger partial charge in [0.25, 0.3) is 0 Å². The Kier molecular flexibility index (Phi) is 5.42. The fraction of sp³-hybridized carbons (Fsp3) is 0.370. The maximum Gasteiger partial charge on any atom is 0.416 e. The molecule has 3 unspecified atom stereocenters. The molecular formula is C27H25F4NO. The van der Waals surface area contributed by atoms with Crippen LogP contribution in [0.15, 0.2) is 48.7 Å². The molecule has 0 saturated carbocycles. The molecule has 3 atom stereocenters. The average molecular weight is 455 g/mol. The van der Waals surface area contributed by atoms with E-state index >= 15 is 0 Å². The third-order valence-corrected chi connectivity index (χ3v) is 6.96. The quantitative estimate of drug-likeness (QED) is 0.389. The lowest BCUT2D eigenvalue weighted by atomic mass is 9.88. The van der Waals surface area contributed by atoms with Crippen LogP contribution in [0.2, 0.25) is 0 Å². The van der Waals surface area contributed by atoms with Crippen molar-refractivity contribution in [2.24, 2.45) is 5.92 Å². The molecule has 0 aliphatic heterocycles. The highest BCUT2D eigenvalue weighted by Crippen LogP contribution is 2.48. The molecule has 1 heterocycles. The molecule has 2 aliphatic carbocycles. The van der Waals surface area contributed by atoms with Gasteiger partial charge in [0.05, 0.1) is 5.56 Å². The molecule has 33 heavy (non-hydrogen) atoms. The van der Waals surface area contributed by atoms with Gasteiger partial charge in [0.1, 0.15) is 12.4 Å². The fourth-order valence-electron chi connectivity index (χ4n) is 5.38. The molecule has 172 valence electrons. The van der Waals surface area contributed by atoms with Crippen LogP contribution >= 0.6 is 0 Å². The first-order chi connectivity index (χ1) is 15.7. The van der Waals surface area contributed by atoms with Crippen LogP contribution < -0.4 is 4.74 Å². The van der Waals surface area contributed by atoms with Crippen molar-refractivity contribution in [2.75, 3.05) is 0 Å². The van der Waals surface area contributed by atoms with Crippen LogP contribution in [0.1, 0.15) is 71.0 Å². The van der Waals surface area contributed by atoms with Crippen LogP contribution in [-0.4, -0.2) is 4.98 Å². The summed E-state index contributed by atoms with van der Waals surface area (Å²) in [4.78, 5) is 4.35. The highest BCUT2D eigenvalue weighted by atomic mass is 19.4. The van der Waals surface area contributed by atoms with Crippen LogP contribution in [0.5, 0.6) is 5.88 Å². The van der Waals surface area contributed by atoms with Gasteiger partial charge < -0.3 is 4.74 Å². The van der Waals surface area contributed by atoms with Crippen LogP contribution in [0, 0.1) is 11.7 Å². The number of hydrogen-bond donors (Lipinski definition) is 0. The summed E-state index contributed by atoms with van der Waals surface area (Å²) in [5.41, 5.74) is 3.88. The molecule has 1 aromatic heterocycles. The molecule has 2 aliphatic rings. The molecule has 5 rings (SSSR count). The van der Waals surface area contributed by atoms with Crippen molar-refractivity contribution in [3.8, 4) is 5.88 Å². The maximum absolute atomic E-state index is 14.9. The lowest BCUT2D eigenvalue weighted by molar-refractivity contribution is -0.138. The van der Waals surface area contributed by atoms with Gasteiger partial charge in [-0.1, -0.05) is 32.0 Å². The van der Waals surface area contributed by atoms with Gasteiger partial charge in [0.15, 0.2) is 0 Å². The Balaban J connectivity index is 1.44. The Morgan fingerprint density at radius 3 is 2.52 bits per heavy atom. The predicted octanol–water partition coefficient (Wildman–Crippen LogP) is 7.19. The Bertz CT molecular complexity index is 1200. The van der Waals surface area contributed by atoms with Gasteiger partial charge in [-0.15, -0.1) is 0 Å². The summed E-state index contributed by atoms with van der Waals surface area (Å²) in [6.45, 7) is 4.09. The van der Waals surface area contributed by atoms with Gasteiger partial charge in [-0.3, -0.25) is 0 Å². The van der Waals surface area contributed by atoms with Gasteiger partial charge in [0, 0.05) is 23.7 Å². The van der Waals surface area contributed by atoms with E-state index in [4.69, 9.17) is 4.74 Å². The van der Waals surface area contributed by atoms with E-state index in [9.17, 15) is 17.6 Å². The van der Waals surface area contributed by atoms with Gasteiger partial charge in [-0.05, 0) is 77.1 Å². The van der Waals surface area contributed by atoms with Crippen molar-refractivity contribution < 1.29 is 22.3 Å². The Hall–Kier alpha value is -2.89. The molecule has 0 N–H and O–H groups in total. The first-order valence-electron chi connectivity index (χ1n) is 11.3. The lowest BCUT2D eigenvalue weighted by Crippen LogP contribution is -2.12. The fourth-order valence-corrected chi connectivity index (χ4v) is 5.38. The average Bonchev–Trinajstić information content (AvgIpc) is 3.29. The zero-order valence-electron chi connectivity index (χ0n) is 18.5. The molecule has 0 saturated heterocycles. The molecule has 6 heteroatoms. The van der Waals surface area contributed by atoms with Crippen molar-refractivity contribution in [1.82, 2.24) is 4.98 Å². The molecule has 0 fully saturated rings. The third kappa shape index (κ3) is 4.11. The van der Waals surface area contributed by atoms with E-state index in [1.165, 1.54) is 29.3 Å². The summed E-state index contributed by atoms with van der Waals surface area (Å²) in [5.74, 6) is 0.142. The van der Waals surface area contributed by atoms with E-state index in [1.807, 2.05) is 19.2 Å². The number of alkyl halides is 3. The number of aromatic nitrogens is 1. The Morgan fingerprint density at radius 2 is 1.73 bits per heavy atom. The maximum atomic E-state index is 14.9. The van der Waals surface area contributed by atoms with Gasteiger partial charge >= 0.3 is 6.18 Å². The predicted molar refractivity (Wildman–Crippen MR) is 118 cm³/mol. The number of hydrogen-bond acceptors (Lipinski definition) is 2. The Labute approximate surface area is 190 Å². The van der Waals surface area contributed by atoms with Crippen LogP contribution in [-0.2, 0) is 25.6 Å². The SMILES string of the molecule is CC1Cc2cnc(OCc3cc4c(cc3F)C(C)CC4c3ccccc3C(F)(F)F)cc2C1. The number of fused-ring (bicyclic) bond motifs is 2. The number of halogens is 4. The van der Waals surface area contributed by atoms with E-state index in [2.05, 4.69) is 11.9 Å². The Morgan fingerprint density at radius 1 is 0.970 bits per heavy atom. The molecule has 0 bridgehead atoms. The van der Waals surface area contributed by atoms with Gasteiger partial charge in [0.2, 0.25) is 5.88 Å². The molecular weight excluding hydrogens is 430 g/mol. The first kappa shape index (κ1) is 21.9. The largest absolute Gasteiger partial charge is 0.473 e. The normalized spacial score (nSPS) is 21.7. The summed E-state index contributed by atoms with van der Waals surface area (Å²) in [6, 6.07) is 10.7. The molecule has 2 aromatic carbocycles. The first-order valence-corrected chi connectivity index (χ1v) is 11.3. The van der Waals surface area contributed by atoms with E-state index in [-0.39, 0.29) is 18.1 Å². The second kappa shape index (κ2) is 8.15. The highest BCUT2D eigenvalue weighted by Gasteiger charge is 2.38. The third-order valence-electron chi connectivity index (χ3n) is 6.96. The number of benzene rings is 2. The lowest BCUT2D eigenvalue weighted by Gasteiger charge is -2.19. The molecule has 0 spiro atoms.